The molecule has 0 bridgehead atoms. The summed E-state index contributed by atoms with van der Waals surface area (Å²) in [5.41, 5.74) is 9.62. The summed E-state index contributed by atoms with van der Waals surface area (Å²) in [6, 6.07) is 11.6. The fraction of sp³-hybridized carbons (Fsp3) is 0.200. The number of hydrogen-bond acceptors (Lipinski definition) is 2. The second-order valence-electron chi connectivity index (χ2n) is 4.41. The molecule has 0 aliphatic carbocycles. The van der Waals surface area contributed by atoms with Gasteiger partial charge in [0, 0.05) is 22.3 Å². The number of aryl methyl sites for hydroxylation is 2. The summed E-state index contributed by atoms with van der Waals surface area (Å²) in [4.78, 5) is 0. The summed E-state index contributed by atoms with van der Waals surface area (Å²) in [6.45, 7) is 4.45. The van der Waals surface area contributed by atoms with Crippen LogP contribution in [0.4, 0.5) is 5.69 Å². The van der Waals surface area contributed by atoms with E-state index in [1.54, 1.807) is 0 Å². The lowest BCUT2D eigenvalue weighted by Crippen LogP contribution is -1.99. The molecule has 94 valence electrons. The fourth-order valence-corrected chi connectivity index (χ4v) is 1.99. The van der Waals surface area contributed by atoms with E-state index < -0.39 is 0 Å². The smallest absolute Gasteiger partial charge is 0.124 e. The van der Waals surface area contributed by atoms with Crippen molar-refractivity contribution in [3.05, 3.63) is 58.1 Å². The Morgan fingerprint density at radius 2 is 1.89 bits per heavy atom. The van der Waals surface area contributed by atoms with E-state index in [0.29, 0.717) is 12.3 Å². The largest absolute Gasteiger partial charge is 0.489 e. The van der Waals surface area contributed by atoms with E-state index in [-0.39, 0.29) is 0 Å². The Balaban J connectivity index is 2.13. The molecule has 2 aromatic carbocycles. The minimum absolute atomic E-state index is 0.448. The number of rotatable bonds is 3. The molecule has 0 fully saturated rings. The lowest BCUT2D eigenvalue weighted by atomic mass is 10.1. The Labute approximate surface area is 112 Å². The third-order valence-electron chi connectivity index (χ3n) is 2.80. The molecule has 0 heterocycles. The molecule has 0 atom stereocenters. The molecule has 0 amide bonds. The Kier molecular flexibility index (Phi) is 3.78. The Hall–Kier alpha value is -1.67. The van der Waals surface area contributed by atoms with Crippen LogP contribution < -0.4 is 10.5 Å². The molecule has 0 aliphatic rings. The van der Waals surface area contributed by atoms with Crippen molar-refractivity contribution in [2.75, 3.05) is 5.73 Å². The zero-order valence-corrected chi connectivity index (χ0v) is 11.3. The molecule has 3 heteroatoms. The van der Waals surface area contributed by atoms with Crippen molar-refractivity contribution in [3.63, 3.8) is 0 Å². The minimum atomic E-state index is 0.448. The number of anilines is 1. The molecule has 0 saturated carbocycles. The fourth-order valence-electron chi connectivity index (χ4n) is 1.70. The molecule has 0 aromatic heterocycles. The molecular weight excluding hydrogens is 246 g/mol. The van der Waals surface area contributed by atoms with E-state index >= 15 is 0 Å². The number of benzene rings is 2. The summed E-state index contributed by atoms with van der Waals surface area (Å²) < 4.78 is 5.76. The van der Waals surface area contributed by atoms with Crippen LogP contribution in [0.3, 0.4) is 0 Å². The lowest BCUT2D eigenvalue weighted by Gasteiger charge is -2.11. The maximum absolute atomic E-state index is 6.16. The number of hydrogen-bond donors (Lipinski definition) is 1. The summed E-state index contributed by atoms with van der Waals surface area (Å²) in [5, 5.41) is 0.733. The average molecular weight is 262 g/mol. The molecule has 0 spiro atoms. The maximum atomic E-state index is 6.16. The van der Waals surface area contributed by atoms with Gasteiger partial charge >= 0.3 is 0 Å². The van der Waals surface area contributed by atoms with Crippen molar-refractivity contribution in [2.45, 2.75) is 20.5 Å². The normalized spacial score (nSPS) is 10.4. The van der Waals surface area contributed by atoms with Gasteiger partial charge in [-0.15, -0.1) is 0 Å². The van der Waals surface area contributed by atoms with E-state index in [4.69, 9.17) is 22.1 Å². The highest BCUT2D eigenvalue weighted by Gasteiger charge is 2.04. The highest BCUT2D eigenvalue weighted by atomic mass is 35.5. The maximum Gasteiger partial charge on any atom is 0.124 e. The Morgan fingerprint density at radius 3 is 2.61 bits per heavy atom. The van der Waals surface area contributed by atoms with Crippen LogP contribution in [-0.4, -0.2) is 0 Å². The molecule has 0 unspecified atom stereocenters. The lowest BCUT2D eigenvalue weighted by molar-refractivity contribution is 0.304. The predicted molar refractivity (Wildman–Crippen MR) is 76.1 cm³/mol. The van der Waals surface area contributed by atoms with Crippen molar-refractivity contribution >= 4 is 17.3 Å². The molecule has 2 rings (SSSR count). The molecule has 2 N–H and O–H groups in total. The monoisotopic (exact) mass is 261 g/mol. The molecular formula is C15H16ClNO. The molecule has 0 aliphatic heterocycles. The van der Waals surface area contributed by atoms with Crippen LogP contribution in [0.1, 0.15) is 16.7 Å². The second-order valence-corrected chi connectivity index (χ2v) is 4.82. The average Bonchev–Trinajstić information content (AvgIpc) is 2.32. The van der Waals surface area contributed by atoms with Crippen LogP contribution >= 0.6 is 11.6 Å². The quantitative estimate of drug-likeness (QED) is 0.844. The van der Waals surface area contributed by atoms with Gasteiger partial charge in [0.2, 0.25) is 0 Å². The molecule has 0 saturated heterocycles. The van der Waals surface area contributed by atoms with Crippen LogP contribution in [0.2, 0.25) is 5.02 Å². The van der Waals surface area contributed by atoms with E-state index in [2.05, 4.69) is 0 Å². The van der Waals surface area contributed by atoms with Gasteiger partial charge < -0.3 is 10.5 Å². The van der Waals surface area contributed by atoms with Gasteiger partial charge in [-0.1, -0.05) is 29.8 Å². The van der Waals surface area contributed by atoms with Crippen molar-refractivity contribution in [3.8, 4) is 5.75 Å². The van der Waals surface area contributed by atoms with E-state index in [1.165, 1.54) is 0 Å². The van der Waals surface area contributed by atoms with E-state index in [0.717, 1.165) is 27.5 Å². The summed E-state index contributed by atoms with van der Waals surface area (Å²) in [5.74, 6) is 0.798. The first-order chi connectivity index (χ1) is 8.56. The Bertz CT molecular complexity index is 566. The summed E-state index contributed by atoms with van der Waals surface area (Å²) >= 11 is 6.16. The van der Waals surface area contributed by atoms with Gasteiger partial charge in [-0.2, -0.15) is 0 Å². The highest BCUT2D eigenvalue weighted by Crippen LogP contribution is 2.24. The number of ether oxygens (including phenoxy) is 1. The number of halogens is 1. The SMILES string of the molecule is Cc1ccc(COc2cc(N)ccc2C)c(Cl)c1. The van der Waals surface area contributed by atoms with Crippen molar-refractivity contribution < 1.29 is 4.74 Å². The first kappa shape index (κ1) is 12.8. The Morgan fingerprint density at radius 1 is 1.11 bits per heavy atom. The van der Waals surface area contributed by atoms with Crippen molar-refractivity contribution in [1.82, 2.24) is 0 Å². The standard InChI is InChI=1S/C15H16ClNO/c1-10-3-5-12(14(16)7-10)9-18-15-8-13(17)6-4-11(15)2/h3-8H,9,17H2,1-2H3. The first-order valence-electron chi connectivity index (χ1n) is 5.80. The summed E-state index contributed by atoms with van der Waals surface area (Å²) in [6.07, 6.45) is 0. The van der Waals surface area contributed by atoms with Gasteiger partial charge in [0.25, 0.3) is 0 Å². The molecule has 0 radical (unpaired) electrons. The highest BCUT2D eigenvalue weighted by molar-refractivity contribution is 6.31. The molecule has 2 aromatic rings. The zero-order valence-electron chi connectivity index (χ0n) is 10.5. The van der Waals surface area contributed by atoms with E-state index in [1.807, 2.05) is 50.2 Å². The first-order valence-corrected chi connectivity index (χ1v) is 6.18. The van der Waals surface area contributed by atoms with Crippen LogP contribution in [0.5, 0.6) is 5.75 Å². The van der Waals surface area contributed by atoms with Crippen LogP contribution in [-0.2, 0) is 6.61 Å². The summed E-state index contributed by atoms with van der Waals surface area (Å²) in [7, 11) is 0. The molecule has 18 heavy (non-hydrogen) atoms. The van der Waals surface area contributed by atoms with Crippen LogP contribution in [0.25, 0.3) is 0 Å². The van der Waals surface area contributed by atoms with Gasteiger partial charge in [0.1, 0.15) is 12.4 Å². The van der Waals surface area contributed by atoms with Crippen LogP contribution in [0.15, 0.2) is 36.4 Å². The van der Waals surface area contributed by atoms with Gasteiger partial charge in [-0.25, -0.2) is 0 Å². The van der Waals surface area contributed by atoms with E-state index in [9.17, 15) is 0 Å². The topological polar surface area (TPSA) is 35.2 Å². The molecule has 2 nitrogen and oxygen atoms in total. The van der Waals surface area contributed by atoms with Crippen LogP contribution in [0, 0.1) is 13.8 Å². The third-order valence-corrected chi connectivity index (χ3v) is 3.16. The zero-order chi connectivity index (χ0) is 13.1. The number of nitrogens with two attached hydrogens (primary N) is 1. The van der Waals surface area contributed by atoms with Gasteiger partial charge in [0.05, 0.1) is 0 Å². The predicted octanol–water partition coefficient (Wildman–Crippen LogP) is 4.12. The van der Waals surface area contributed by atoms with Crippen molar-refractivity contribution in [1.29, 1.82) is 0 Å². The third kappa shape index (κ3) is 2.96. The van der Waals surface area contributed by atoms with Gasteiger partial charge in [-0.3, -0.25) is 0 Å². The number of nitrogen functional groups attached to an aromatic ring is 1. The minimum Gasteiger partial charge on any atom is -0.489 e. The van der Waals surface area contributed by atoms with Gasteiger partial charge in [-0.05, 0) is 37.1 Å². The van der Waals surface area contributed by atoms with Gasteiger partial charge in [0.15, 0.2) is 0 Å². The van der Waals surface area contributed by atoms with Crippen molar-refractivity contribution in [2.24, 2.45) is 0 Å². The second kappa shape index (κ2) is 5.32.